The van der Waals surface area contributed by atoms with Gasteiger partial charge in [0.05, 0.1) is 26.0 Å². The Morgan fingerprint density at radius 3 is 2.29 bits per heavy atom. The van der Waals surface area contributed by atoms with Crippen LogP contribution in [0.2, 0.25) is 0 Å². The smallest absolute Gasteiger partial charge is 0.409 e. The van der Waals surface area contributed by atoms with E-state index in [-0.39, 0.29) is 38.2 Å². The van der Waals surface area contributed by atoms with Crippen molar-refractivity contribution in [3.05, 3.63) is 15.0 Å². The third-order valence-electron chi connectivity index (χ3n) is 4.94. The zero-order valence-electron chi connectivity index (χ0n) is 19.7. The number of hydrogen-bond acceptors (Lipinski definition) is 9. The van der Waals surface area contributed by atoms with Crippen molar-refractivity contribution in [3.8, 4) is 0 Å². The van der Waals surface area contributed by atoms with E-state index in [2.05, 4.69) is 26.2 Å². The molecule has 0 spiro atoms. The quantitative estimate of drug-likeness (QED) is 0.293. The molecular weight excluding hydrogens is 551 g/mol. The van der Waals surface area contributed by atoms with Crippen molar-refractivity contribution in [1.29, 1.82) is 0 Å². The molecule has 1 aliphatic heterocycles. The number of carbonyl (C=O) groups excluding carboxylic acids is 3. The van der Waals surface area contributed by atoms with Gasteiger partial charge >= 0.3 is 13.7 Å². The van der Waals surface area contributed by atoms with Crippen LogP contribution in [0.3, 0.4) is 0 Å². The lowest BCUT2D eigenvalue weighted by Crippen LogP contribution is -2.56. The highest BCUT2D eigenvalue weighted by Gasteiger charge is 2.37. The summed E-state index contributed by atoms with van der Waals surface area (Å²) in [6, 6.07) is -1.15. The predicted molar refractivity (Wildman–Crippen MR) is 131 cm³/mol. The van der Waals surface area contributed by atoms with Crippen molar-refractivity contribution in [1.82, 2.24) is 20.1 Å². The first-order valence-electron chi connectivity index (χ1n) is 11.2. The van der Waals surface area contributed by atoms with Gasteiger partial charge < -0.3 is 28.9 Å². The van der Waals surface area contributed by atoms with Gasteiger partial charge in [-0.3, -0.25) is 14.2 Å². The lowest BCUT2D eigenvalue weighted by molar-refractivity contribution is -0.134. The molecule has 14 heteroatoms. The van der Waals surface area contributed by atoms with Crippen LogP contribution in [0.1, 0.15) is 44.1 Å². The number of nitrogens with zero attached hydrogens (tertiary/aromatic N) is 3. The Bertz CT molecular complexity index is 869. The minimum atomic E-state index is -3.64. The molecule has 2 heterocycles. The van der Waals surface area contributed by atoms with Crippen molar-refractivity contribution in [3.63, 3.8) is 0 Å². The number of unbranched alkanes of at least 4 members (excludes halogenated alkanes) is 1. The summed E-state index contributed by atoms with van der Waals surface area (Å²) in [6.07, 6.45) is 0.996. The lowest BCUT2D eigenvalue weighted by Gasteiger charge is -2.36. The summed E-state index contributed by atoms with van der Waals surface area (Å²) in [4.78, 5) is 45.4. The molecule has 1 aliphatic rings. The average Bonchev–Trinajstić information content (AvgIpc) is 3.25. The molecule has 1 aromatic rings. The number of aromatic nitrogens is 1. The highest BCUT2D eigenvalue weighted by Crippen LogP contribution is 2.48. The zero-order valence-corrected chi connectivity index (χ0v) is 23.0. The molecular formula is C20H32BrN4O7PS. The molecule has 0 bridgehead atoms. The molecule has 0 aromatic carbocycles. The molecule has 0 radical (unpaired) electrons. The van der Waals surface area contributed by atoms with Gasteiger partial charge in [-0.05, 0) is 36.2 Å². The van der Waals surface area contributed by atoms with E-state index in [1.807, 2.05) is 6.92 Å². The van der Waals surface area contributed by atoms with Crippen LogP contribution in [0.5, 0.6) is 0 Å². The second-order valence-corrected chi connectivity index (χ2v) is 11.7. The van der Waals surface area contributed by atoms with E-state index in [1.54, 1.807) is 24.1 Å². The third kappa shape index (κ3) is 8.60. The molecule has 2 rings (SSSR count). The number of hydrogen-bond donors (Lipinski definition) is 1. The van der Waals surface area contributed by atoms with Crippen LogP contribution in [0.15, 0.2) is 9.30 Å². The van der Waals surface area contributed by atoms with Gasteiger partial charge in [-0.25, -0.2) is 9.78 Å². The zero-order chi connectivity index (χ0) is 25.1. The summed E-state index contributed by atoms with van der Waals surface area (Å²) in [5.74, 6) is -1.00. The highest BCUT2D eigenvalue weighted by molar-refractivity contribution is 9.11. The molecule has 1 saturated heterocycles. The summed E-state index contributed by atoms with van der Waals surface area (Å²) >= 11 is 4.44. The van der Waals surface area contributed by atoms with Gasteiger partial charge in [-0.15, -0.1) is 11.3 Å². The van der Waals surface area contributed by atoms with Gasteiger partial charge in [0.2, 0.25) is 5.91 Å². The maximum atomic E-state index is 13.4. The number of carbonyl (C=O) groups is 3. The van der Waals surface area contributed by atoms with E-state index in [1.165, 1.54) is 16.2 Å². The van der Waals surface area contributed by atoms with Crippen molar-refractivity contribution in [2.75, 3.05) is 52.2 Å². The fraction of sp³-hybridized carbons (Fsp3) is 0.700. The Hall–Kier alpha value is -1.53. The average molecular weight is 583 g/mol. The van der Waals surface area contributed by atoms with Gasteiger partial charge in [-0.1, -0.05) is 13.3 Å². The number of piperazine rings is 1. The third-order valence-corrected chi connectivity index (χ3v) is 8.42. The van der Waals surface area contributed by atoms with Crippen molar-refractivity contribution in [2.24, 2.45) is 0 Å². The Balaban J connectivity index is 2.10. The van der Waals surface area contributed by atoms with E-state index < -0.39 is 31.5 Å². The Kier molecular flexibility index (Phi) is 11.9. The summed E-state index contributed by atoms with van der Waals surface area (Å²) in [5.41, 5.74) is 0.136. The summed E-state index contributed by atoms with van der Waals surface area (Å²) in [7, 11) is -3.64. The lowest BCUT2D eigenvalue weighted by atomic mass is 10.2. The minimum Gasteiger partial charge on any atom is -0.449 e. The normalized spacial score (nSPS) is 15.2. The first-order valence-corrected chi connectivity index (χ1v) is 14.6. The van der Waals surface area contributed by atoms with Crippen LogP contribution < -0.4 is 5.32 Å². The molecule has 11 nitrogen and oxygen atoms in total. The summed E-state index contributed by atoms with van der Waals surface area (Å²) < 4.78 is 29.6. The largest absolute Gasteiger partial charge is 0.449 e. The first-order chi connectivity index (χ1) is 16.2. The maximum absolute atomic E-state index is 13.4. The van der Waals surface area contributed by atoms with Crippen LogP contribution >= 0.6 is 34.9 Å². The molecule has 0 saturated carbocycles. The van der Waals surface area contributed by atoms with Gasteiger partial charge in [0.15, 0.2) is 3.92 Å². The topological polar surface area (TPSA) is 127 Å². The molecule has 34 heavy (non-hydrogen) atoms. The number of halogens is 1. The Morgan fingerprint density at radius 2 is 1.76 bits per heavy atom. The monoisotopic (exact) mass is 582 g/mol. The number of nitrogens with one attached hydrogen (secondary N) is 1. The first kappa shape index (κ1) is 28.7. The fourth-order valence-corrected chi connectivity index (χ4v) is 6.02. The Morgan fingerprint density at radius 1 is 1.15 bits per heavy atom. The highest BCUT2D eigenvalue weighted by atomic mass is 79.9. The number of rotatable bonds is 12. The van der Waals surface area contributed by atoms with Gasteiger partial charge in [-0.2, -0.15) is 0 Å². The van der Waals surface area contributed by atoms with E-state index in [0.717, 1.165) is 12.8 Å². The number of ether oxygens (including phenoxy) is 1. The molecule has 1 atom stereocenters. The predicted octanol–water partition coefficient (Wildman–Crippen LogP) is 3.35. The second kappa shape index (κ2) is 14.1. The van der Waals surface area contributed by atoms with Gasteiger partial charge in [0, 0.05) is 31.6 Å². The molecule has 3 amide bonds. The van der Waals surface area contributed by atoms with E-state index in [0.29, 0.717) is 23.6 Å². The molecule has 1 N–H and O–H groups in total. The molecule has 192 valence electrons. The van der Waals surface area contributed by atoms with Crippen LogP contribution in [0.4, 0.5) is 4.79 Å². The number of thiazole rings is 1. The molecule has 1 fully saturated rings. The molecule has 1 aromatic heterocycles. The second-order valence-electron chi connectivity index (χ2n) is 7.42. The SMILES string of the molecule is CCCCOC(=O)N1CCN(C(=O)C(CP(=O)(OCC)OCC)NC(=O)c2csc(Br)n2)CC1. The standard InChI is InChI=1S/C20H32BrN4O7PS/c1-4-7-12-30-20(28)25-10-8-24(9-11-25)18(27)15(13-33(29,31-5-2)32-6-3)22-17(26)16-14-34-19(21)23-16/h14-15H,4-13H2,1-3H3,(H,22,26). The van der Waals surface area contributed by atoms with E-state index in [9.17, 15) is 18.9 Å². The Labute approximate surface area is 212 Å². The van der Waals surface area contributed by atoms with Crippen molar-refractivity contribution in [2.45, 2.75) is 39.7 Å². The van der Waals surface area contributed by atoms with Gasteiger partial charge in [0.1, 0.15) is 11.7 Å². The number of amides is 3. The van der Waals surface area contributed by atoms with Crippen LogP contribution in [0, 0.1) is 0 Å². The van der Waals surface area contributed by atoms with Crippen LogP contribution in [0.25, 0.3) is 0 Å². The van der Waals surface area contributed by atoms with Crippen molar-refractivity contribution < 1.29 is 32.7 Å². The van der Waals surface area contributed by atoms with Crippen LogP contribution in [-0.2, 0) is 23.1 Å². The van der Waals surface area contributed by atoms with E-state index >= 15 is 0 Å². The van der Waals surface area contributed by atoms with Gasteiger partial charge in [0.25, 0.3) is 5.91 Å². The van der Waals surface area contributed by atoms with Crippen LogP contribution in [-0.4, -0.2) is 90.9 Å². The summed E-state index contributed by atoms with van der Waals surface area (Å²) in [5, 5.41) is 4.19. The van der Waals surface area contributed by atoms with Crippen molar-refractivity contribution >= 4 is 52.8 Å². The maximum Gasteiger partial charge on any atom is 0.409 e. The fourth-order valence-electron chi connectivity index (χ4n) is 3.26. The molecule has 0 aliphatic carbocycles. The van der Waals surface area contributed by atoms with E-state index in [4.69, 9.17) is 13.8 Å². The minimum absolute atomic E-state index is 0.129. The summed E-state index contributed by atoms with van der Waals surface area (Å²) in [6.45, 7) is 7.08. The molecule has 1 unspecified atom stereocenters.